The lowest BCUT2D eigenvalue weighted by atomic mass is 10.1. The van der Waals surface area contributed by atoms with Gasteiger partial charge < -0.3 is 4.90 Å². The Morgan fingerprint density at radius 2 is 1.53 bits per heavy atom. The van der Waals surface area contributed by atoms with Crippen LogP contribution < -0.4 is 0 Å². The summed E-state index contributed by atoms with van der Waals surface area (Å²) in [5.74, 6) is -0.0915. The molecule has 2 nitrogen and oxygen atoms in total. The third-order valence-electron chi connectivity index (χ3n) is 2.93. The van der Waals surface area contributed by atoms with E-state index in [0.717, 1.165) is 5.56 Å². The van der Waals surface area contributed by atoms with Crippen LogP contribution in [-0.4, -0.2) is 22.8 Å². The lowest BCUT2D eigenvalue weighted by molar-refractivity contribution is 0.0873. The van der Waals surface area contributed by atoms with Crippen LogP contribution in [0.3, 0.4) is 0 Å². The number of nitrogens with zero attached hydrogens (tertiary/aromatic N) is 1. The van der Waals surface area contributed by atoms with Gasteiger partial charge in [-0.3, -0.25) is 4.79 Å². The van der Waals surface area contributed by atoms with Gasteiger partial charge in [-0.25, -0.2) is 0 Å². The van der Waals surface area contributed by atoms with Crippen molar-refractivity contribution in [3.63, 3.8) is 0 Å². The number of thiocarbonyl (C=S) groups is 1. The number of carbonyl (C=O) groups excluding carboxylic acids is 1. The highest BCUT2D eigenvalue weighted by Crippen LogP contribution is 2.10. The van der Waals surface area contributed by atoms with Crippen molar-refractivity contribution in [3.8, 4) is 0 Å². The molecule has 0 bridgehead atoms. The minimum absolute atomic E-state index is 0.0915. The summed E-state index contributed by atoms with van der Waals surface area (Å²) >= 11 is 5.37. The topological polar surface area (TPSA) is 20.3 Å². The van der Waals surface area contributed by atoms with Crippen LogP contribution in [-0.2, 0) is 0 Å². The summed E-state index contributed by atoms with van der Waals surface area (Å²) in [5.41, 5.74) is 2.69. The summed E-state index contributed by atoms with van der Waals surface area (Å²) in [7, 11) is 1.71. The Morgan fingerprint density at radius 1 is 0.947 bits per heavy atom. The summed E-state index contributed by atoms with van der Waals surface area (Å²) in [5, 5.41) is 0. The molecule has 96 valence electrons. The second kappa shape index (κ2) is 5.76. The zero-order valence-electron chi connectivity index (χ0n) is 11.0. The molecule has 2 aromatic rings. The molecule has 2 rings (SSSR count). The number of rotatable bonds is 2. The molecule has 0 aromatic heterocycles. The molecule has 0 aliphatic heterocycles. The van der Waals surface area contributed by atoms with Crippen molar-refractivity contribution in [2.24, 2.45) is 0 Å². The predicted molar refractivity (Wildman–Crippen MR) is 81.4 cm³/mol. The summed E-state index contributed by atoms with van der Waals surface area (Å²) < 4.78 is 0. The zero-order chi connectivity index (χ0) is 13.8. The molecule has 0 saturated heterocycles. The molecule has 0 fully saturated rings. The van der Waals surface area contributed by atoms with Gasteiger partial charge in [-0.2, -0.15) is 0 Å². The van der Waals surface area contributed by atoms with E-state index in [0.29, 0.717) is 10.6 Å². The van der Waals surface area contributed by atoms with Crippen LogP contribution >= 0.6 is 12.2 Å². The van der Waals surface area contributed by atoms with E-state index in [-0.39, 0.29) is 5.91 Å². The molecule has 0 N–H and O–H groups in total. The van der Waals surface area contributed by atoms with Crippen molar-refractivity contribution in [1.82, 2.24) is 4.90 Å². The van der Waals surface area contributed by atoms with E-state index < -0.39 is 0 Å². The van der Waals surface area contributed by atoms with Gasteiger partial charge in [0.05, 0.1) is 0 Å². The highest BCUT2D eigenvalue weighted by atomic mass is 32.1. The highest BCUT2D eigenvalue weighted by Gasteiger charge is 2.16. The summed E-state index contributed by atoms with van der Waals surface area (Å²) in [4.78, 5) is 14.3. The summed E-state index contributed by atoms with van der Waals surface area (Å²) in [6, 6.07) is 17.0. The Morgan fingerprint density at radius 3 is 2.11 bits per heavy atom. The molecule has 0 spiro atoms. The van der Waals surface area contributed by atoms with E-state index in [1.54, 1.807) is 19.2 Å². The number of aryl methyl sites for hydroxylation is 1. The Bertz CT molecular complexity index is 590. The lowest BCUT2D eigenvalue weighted by Gasteiger charge is -2.18. The normalized spacial score (nSPS) is 10.0. The van der Waals surface area contributed by atoms with Crippen LogP contribution in [0, 0.1) is 6.92 Å². The molecule has 2 aromatic carbocycles. The Balaban J connectivity index is 2.20. The van der Waals surface area contributed by atoms with Crippen LogP contribution in [0.5, 0.6) is 0 Å². The molecule has 0 aliphatic carbocycles. The zero-order valence-corrected chi connectivity index (χ0v) is 11.8. The van der Waals surface area contributed by atoms with Gasteiger partial charge in [-0.05, 0) is 19.1 Å². The van der Waals surface area contributed by atoms with Crippen molar-refractivity contribution in [3.05, 3.63) is 71.3 Å². The van der Waals surface area contributed by atoms with Gasteiger partial charge in [0.15, 0.2) is 0 Å². The fourth-order valence-corrected chi connectivity index (χ4v) is 1.98. The van der Waals surface area contributed by atoms with E-state index in [4.69, 9.17) is 12.2 Å². The van der Waals surface area contributed by atoms with Crippen molar-refractivity contribution in [2.45, 2.75) is 6.92 Å². The molecular formula is C16H15NOS. The van der Waals surface area contributed by atoms with Crippen molar-refractivity contribution in [2.75, 3.05) is 7.05 Å². The quantitative estimate of drug-likeness (QED) is 0.778. The van der Waals surface area contributed by atoms with E-state index >= 15 is 0 Å². The number of amides is 1. The summed E-state index contributed by atoms with van der Waals surface area (Å²) in [6.45, 7) is 2.02. The number of hydrogen-bond donors (Lipinski definition) is 0. The second-order valence-electron chi connectivity index (χ2n) is 4.40. The first kappa shape index (κ1) is 13.4. The van der Waals surface area contributed by atoms with Crippen molar-refractivity contribution < 1.29 is 4.79 Å². The molecule has 0 saturated carbocycles. The van der Waals surface area contributed by atoms with Gasteiger partial charge >= 0.3 is 0 Å². The molecule has 0 radical (unpaired) electrons. The first-order chi connectivity index (χ1) is 9.09. The number of carbonyl (C=O) groups is 1. The third-order valence-corrected chi connectivity index (χ3v) is 3.44. The first-order valence-corrected chi connectivity index (χ1v) is 6.44. The average Bonchev–Trinajstić information content (AvgIpc) is 2.46. The SMILES string of the molecule is Cc1ccc(C(=S)N(C)C(=O)c2ccccc2)cc1. The molecule has 1 amide bonds. The van der Waals surface area contributed by atoms with Crippen LogP contribution in [0.4, 0.5) is 0 Å². The van der Waals surface area contributed by atoms with Gasteiger partial charge in [0.2, 0.25) is 0 Å². The van der Waals surface area contributed by atoms with Gasteiger partial charge in [0.1, 0.15) is 4.99 Å². The Kier molecular flexibility index (Phi) is 4.07. The monoisotopic (exact) mass is 269 g/mol. The fraction of sp³-hybridized carbons (Fsp3) is 0.125. The van der Waals surface area contributed by atoms with Crippen molar-refractivity contribution >= 4 is 23.1 Å². The maximum Gasteiger partial charge on any atom is 0.258 e. The Labute approximate surface area is 118 Å². The van der Waals surface area contributed by atoms with E-state index in [1.807, 2.05) is 49.4 Å². The van der Waals surface area contributed by atoms with Crippen molar-refractivity contribution in [1.29, 1.82) is 0 Å². The van der Waals surface area contributed by atoms with E-state index in [2.05, 4.69) is 0 Å². The number of benzene rings is 2. The first-order valence-electron chi connectivity index (χ1n) is 6.03. The maximum absolute atomic E-state index is 12.3. The maximum atomic E-state index is 12.3. The van der Waals surface area contributed by atoms with Crippen LogP contribution in [0.1, 0.15) is 21.5 Å². The number of hydrogen-bond acceptors (Lipinski definition) is 2. The van der Waals surface area contributed by atoms with Crippen LogP contribution in [0.2, 0.25) is 0 Å². The lowest BCUT2D eigenvalue weighted by Crippen LogP contribution is -2.32. The highest BCUT2D eigenvalue weighted by molar-refractivity contribution is 7.80. The van der Waals surface area contributed by atoms with Crippen LogP contribution in [0.15, 0.2) is 54.6 Å². The average molecular weight is 269 g/mol. The Hall–Kier alpha value is -2.00. The molecular weight excluding hydrogens is 254 g/mol. The minimum atomic E-state index is -0.0915. The minimum Gasteiger partial charge on any atom is -0.302 e. The fourth-order valence-electron chi connectivity index (χ4n) is 1.76. The molecule has 0 heterocycles. The van der Waals surface area contributed by atoms with E-state index in [1.165, 1.54) is 10.5 Å². The molecule has 0 unspecified atom stereocenters. The van der Waals surface area contributed by atoms with Gasteiger partial charge in [-0.15, -0.1) is 0 Å². The van der Waals surface area contributed by atoms with E-state index in [9.17, 15) is 4.79 Å². The predicted octanol–water partition coefficient (Wildman–Crippen LogP) is 3.44. The van der Waals surface area contributed by atoms with Gasteiger partial charge in [-0.1, -0.05) is 60.2 Å². The standard InChI is InChI=1S/C16H15NOS/c1-12-8-10-14(11-9-12)16(19)17(2)15(18)13-6-4-3-5-7-13/h3-11H,1-2H3. The van der Waals surface area contributed by atoms with Gasteiger partial charge in [0.25, 0.3) is 5.91 Å². The largest absolute Gasteiger partial charge is 0.302 e. The molecule has 0 atom stereocenters. The smallest absolute Gasteiger partial charge is 0.258 e. The molecule has 19 heavy (non-hydrogen) atoms. The van der Waals surface area contributed by atoms with Crippen LogP contribution in [0.25, 0.3) is 0 Å². The molecule has 0 aliphatic rings. The second-order valence-corrected chi connectivity index (χ2v) is 4.79. The van der Waals surface area contributed by atoms with Gasteiger partial charge in [0, 0.05) is 18.2 Å². The summed E-state index contributed by atoms with van der Waals surface area (Å²) in [6.07, 6.45) is 0. The molecule has 3 heteroatoms. The third kappa shape index (κ3) is 3.06.